The summed E-state index contributed by atoms with van der Waals surface area (Å²) in [5.41, 5.74) is 1.67. The Labute approximate surface area is 170 Å². The maximum absolute atomic E-state index is 12.5. The van der Waals surface area contributed by atoms with E-state index in [9.17, 15) is 9.59 Å². The first-order valence-electron chi connectivity index (χ1n) is 9.11. The molecule has 2 N–H and O–H groups in total. The van der Waals surface area contributed by atoms with Crippen LogP contribution in [0, 0.1) is 0 Å². The summed E-state index contributed by atoms with van der Waals surface area (Å²) in [7, 11) is 4.62. The zero-order chi connectivity index (χ0) is 21.2. The molecule has 0 aliphatic carbocycles. The minimum absolute atomic E-state index is 0.203. The zero-order valence-electron chi connectivity index (χ0n) is 16.9. The van der Waals surface area contributed by atoms with Crippen LogP contribution in [0.2, 0.25) is 0 Å². The first kappa shape index (κ1) is 21.8. The smallest absolute Gasteiger partial charge is 0.253 e. The van der Waals surface area contributed by atoms with Gasteiger partial charge in [-0.2, -0.15) is 0 Å². The summed E-state index contributed by atoms with van der Waals surface area (Å²) in [6.07, 6.45) is 2.23. The van der Waals surface area contributed by atoms with Crippen LogP contribution in [0.1, 0.15) is 22.3 Å². The van der Waals surface area contributed by atoms with Crippen molar-refractivity contribution in [1.82, 2.24) is 5.32 Å². The van der Waals surface area contributed by atoms with Gasteiger partial charge in [-0.25, -0.2) is 0 Å². The molecule has 2 amide bonds. The topological polar surface area (TPSA) is 85.9 Å². The Morgan fingerprint density at radius 1 is 1.00 bits per heavy atom. The van der Waals surface area contributed by atoms with Gasteiger partial charge < -0.3 is 24.8 Å². The van der Waals surface area contributed by atoms with Gasteiger partial charge in [0.1, 0.15) is 0 Å². The van der Waals surface area contributed by atoms with Crippen molar-refractivity contribution in [2.75, 3.05) is 33.2 Å². The molecular formula is C22H26N2O5. The fraction of sp³-hybridized carbons (Fsp3) is 0.273. The molecule has 0 unspecified atom stereocenters. The normalized spacial score (nSPS) is 10.0. The Bertz CT molecular complexity index is 880. The quantitative estimate of drug-likeness (QED) is 0.601. The van der Waals surface area contributed by atoms with Crippen LogP contribution in [0.15, 0.2) is 49.1 Å². The second-order valence-electron chi connectivity index (χ2n) is 6.09. The Kier molecular flexibility index (Phi) is 8.09. The van der Waals surface area contributed by atoms with E-state index in [-0.39, 0.29) is 18.2 Å². The molecule has 0 spiro atoms. The molecule has 2 rings (SSSR count). The van der Waals surface area contributed by atoms with Crippen molar-refractivity contribution < 1.29 is 23.8 Å². The molecule has 154 valence electrons. The number of nitrogens with one attached hydrogen (secondary N) is 2. The number of methoxy groups -OCH3 is 3. The lowest BCUT2D eigenvalue weighted by molar-refractivity contribution is -0.116. The Balaban J connectivity index is 2.10. The number of anilines is 1. The molecule has 0 aromatic heterocycles. The molecule has 7 heteroatoms. The van der Waals surface area contributed by atoms with Gasteiger partial charge in [-0.3, -0.25) is 9.59 Å². The summed E-state index contributed by atoms with van der Waals surface area (Å²) in [6, 6.07) is 10.5. The number of para-hydroxylation sites is 1. The standard InChI is InChI=1S/C22H26N2O5/c1-5-14-23-22(26)16-8-6-7-9-17(16)24-19(25)13-11-15-10-12-18(27-2)21(29-4)20(15)28-3/h5-10,12H,1,11,13-14H2,2-4H3,(H,23,26)(H,24,25). The van der Waals surface area contributed by atoms with E-state index in [0.717, 1.165) is 5.56 Å². The number of carbonyl (C=O) groups excluding carboxylic acids is 2. The summed E-state index contributed by atoms with van der Waals surface area (Å²) >= 11 is 0. The maximum Gasteiger partial charge on any atom is 0.253 e. The first-order valence-corrected chi connectivity index (χ1v) is 9.11. The van der Waals surface area contributed by atoms with Crippen molar-refractivity contribution in [1.29, 1.82) is 0 Å². The molecule has 0 fully saturated rings. The number of carbonyl (C=O) groups is 2. The average Bonchev–Trinajstić information content (AvgIpc) is 2.75. The Morgan fingerprint density at radius 2 is 1.72 bits per heavy atom. The van der Waals surface area contributed by atoms with Gasteiger partial charge in [0.05, 0.1) is 32.6 Å². The van der Waals surface area contributed by atoms with E-state index >= 15 is 0 Å². The lowest BCUT2D eigenvalue weighted by Crippen LogP contribution is -2.25. The molecule has 0 saturated heterocycles. The van der Waals surface area contributed by atoms with E-state index < -0.39 is 0 Å². The molecule has 0 heterocycles. The summed E-state index contributed by atoms with van der Waals surface area (Å²) in [4.78, 5) is 24.7. The van der Waals surface area contributed by atoms with E-state index in [1.54, 1.807) is 50.6 Å². The Morgan fingerprint density at radius 3 is 2.38 bits per heavy atom. The van der Waals surface area contributed by atoms with E-state index in [1.165, 1.54) is 7.11 Å². The molecule has 2 aromatic rings. The van der Waals surface area contributed by atoms with Gasteiger partial charge in [0.15, 0.2) is 11.5 Å². The number of rotatable bonds is 10. The largest absolute Gasteiger partial charge is 0.493 e. The SMILES string of the molecule is C=CCNC(=O)c1ccccc1NC(=O)CCc1ccc(OC)c(OC)c1OC. The lowest BCUT2D eigenvalue weighted by atomic mass is 10.1. The second kappa shape index (κ2) is 10.8. The Hall–Kier alpha value is -3.48. The van der Waals surface area contributed by atoms with Gasteiger partial charge in [-0.1, -0.05) is 24.3 Å². The van der Waals surface area contributed by atoms with Crippen LogP contribution in [0.3, 0.4) is 0 Å². The van der Waals surface area contributed by atoms with E-state index in [2.05, 4.69) is 17.2 Å². The third-order valence-electron chi connectivity index (χ3n) is 4.26. The first-order chi connectivity index (χ1) is 14.0. The summed E-state index contributed by atoms with van der Waals surface area (Å²) in [6.45, 7) is 3.92. The number of amides is 2. The van der Waals surface area contributed by atoms with E-state index in [4.69, 9.17) is 14.2 Å². The molecule has 0 radical (unpaired) electrons. The second-order valence-corrected chi connectivity index (χ2v) is 6.09. The maximum atomic E-state index is 12.5. The fourth-order valence-electron chi connectivity index (χ4n) is 2.87. The van der Waals surface area contributed by atoms with Gasteiger partial charge in [-0.15, -0.1) is 6.58 Å². The highest BCUT2D eigenvalue weighted by molar-refractivity contribution is 6.03. The van der Waals surface area contributed by atoms with Crippen LogP contribution in [-0.4, -0.2) is 39.7 Å². The number of hydrogen-bond donors (Lipinski definition) is 2. The predicted octanol–water partition coefficient (Wildman–Crippen LogP) is 3.20. The molecule has 2 aromatic carbocycles. The predicted molar refractivity (Wildman–Crippen MR) is 112 cm³/mol. The average molecular weight is 398 g/mol. The number of aryl methyl sites for hydroxylation is 1. The molecule has 7 nitrogen and oxygen atoms in total. The molecule has 0 saturated carbocycles. The zero-order valence-corrected chi connectivity index (χ0v) is 16.9. The molecule has 0 aliphatic heterocycles. The van der Waals surface area contributed by atoms with Crippen molar-refractivity contribution in [2.24, 2.45) is 0 Å². The van der Waals surface area contributed by atoms with Gasteiger partial charge in [0, 0.05) is 13.0 Å². The molecule has 29 heavy (non-hydrogen) atoms. The van der Waals surface area contributed by atoms with Gasteiger partial charge >= 0.3 is 0 Å². The summed E-state index contributed by atoms with van der Waals surface area (Å²) in [5.74, 6) is 1.08. The molecular weight excluding hydrogens is 372 g/mol. The fourth-order valence-corrected chi connectivity index (χ4v) is 2.87. The van der Waals surface area contributed by atoms with Crippen LogP contribution in [0.25, 0.3) is 0 Å². The van der Waals surface area contributed by atoms with Crippen molar-refractivity contribution in [3.05, 3.63) is 60.2 Å². The highest BCUT2D eigenvalue weighted by Gasteiger charge is 2.17. The van der Waals surface area contributed by atoms with Crippen molar-refractivity contribution in [3.63, 3.8) is 0 Å². The summed E-state index contributed by atoms with van der Waals surface area (Å²) in [5, 5.41) is 5.51. The van der Waals surface area contributed by atoms with Gasteiger partial charge in [-0.05, 0) is 30.2 Å². The van der Waals surface area contributed by atoms with Crippen LogP contribution in [0.5, 0.6) is 17.2 Å². The van der Waals surface area contributed by atoms with Crippen LogP contribution in [0.4, 0.5) is 5.69 Å². The minimum atomic E-state index is -0.276. The minimum Gasteiger partial charge on any atom is -0.493 e. The molecule has 0 aliphatic rings. The monoisotopic (exact) mass is 398 g/mol. The summed E-state index contributed by atoms with van der Waals surface area (Å²) < 4.78 is 16.1. The number of hydrogen-bond acceptors (Lipinski definition) is 5. The number of benzene rings is 2. The molecule has 0 atom stereocenters. The van der Waals surface area contributed by atoms with Crippen molar-refractivity contribution in [3.8, 4) is 17.2 Å². The van der Waals surface area contributed by atoms with Crippen LogP contribution in [-0.2, 0) is 11.2 Å². The third kappa shape index (κ3) is 5.51. The highest BCUT2D eigenvalue weighted by Crippen LogP contribution is 2.40. The van der Waals surface area contributed by atoms with Crippen LogP contribution >= 0.6 is 0 Å². The third-order valence-corrected chi connectivity index (χ3v) is 4.26. The van der Waals surface area contributed by atoms with Gasteiger partial charge in [0.25, 0.3) is 5.91 Å². The molecule has 0 bridgehead atoms. The van der Waals surface area contributed by atoms with Crippen molar-refractivity contribution in [2.45, 2.75) is 12.8 Å². The van der Waals surface area contributed by atoms with Crippen LogP contribution < -0.4 is 24.8 Å². The number of ether oxygens (including phenoxy) is 3. The van der Waals surface area contributed by atoms with E-state index in [0.29, 0.717) is 41.5 Å². The van der Waals surface area contributed by atoms with Crippen molar-refractivity contribution >= 4 is 17.5 Å². The highest BCUT2D eigenvalue weighted by atomic mass is 16.5. The van der Waals surface area contributed by atoms with E-state index in [1.807, 2.05) is 6.07 Å². The van der Waals surface area contributed by atoms with Gasteiger partial charge in [0.2, 0.25) is 11.7 Å². The lowest BCUT2D eigenvalue weighted by Gasteiger charge is -2.16.